The van der Waals surface area contributed by atoms with Crippen molar-refractivity contribution in [2.24, 2.45) is 0 Å². The molecule has 0 unspecified atom stereocenters. The van der Waals surface area contributed by atoms with Crippen LogP contribution in [0.25, 0.3) is 5.65 Å². The number of amides is 1. The molecule has 128 valence electrons. The van der Waals surface area contributed by atoms with Crippen molar-refractivity contribution in [1.29, 1.82) is 0 Å². The van der Waals surface area contributed by atoms with E-state index in [-0.39, 0.29) is 16.5 Å². The molecule has 1 aromatic carbocycles. The van der Waals surface area contributed by atoms with Crippen molar-refractivity contribution in [3.8, 4) is 0 Å². The Morgan fingerprint density at radius 3 is 2.40 bits per heavy atom. The van der Waals surface area contributed by atoms with E-state index in [4.69, 9.17) is 0 Å². The van der Waals surface area contributed by atoms with Crippen LogP contribution in [0.15, 0.2) is 53.6 Å². The average Bonchev–Trinajstić information content (AvgIpc) is 2.55. The van der Waals surface area contributed by atoms with Gasteiger partial charge in [-0.3, -0.25) is 14.0 Å². The van der Waals surface area contributed by atoms with Crippen molar-refractivity contribution in [3.05, 3.63) is 75.8 Å². The first-order chi connectivity index (χ1) is 11.8. The van der Waals surface area contributed by atoms with E-state index in [1.807, 2.05) is 37.3 Å². The molecule has 0 spiro atoms. The van der Waals surface area contributed by atoms with Gasteiger partial charge in [0.2, 0.25) is 0 Å². The first-order valence-corrected chi connectivity index (χ1v) is 8.15. The van der Waals surface area contributed by atoms with Crippen LogP contribution in [-0.2, 0) is 5.41 Å². The zero-order chi connectivity index (χ0) is 18.2. The number of hydrogen-bond donors (Lipinski definition) is 1. The molecule has 2 heterocycles. The number of hydrogen-bond acceptors (Lipinski definition) is 3. The molecule has 1 amide bonds. The zero-order valence-corrected chi connectivity index (χ0v) is 14.8. The molecule has 2 aromatic heterocycles. The Balaban J connectivity index is 1.90. The fraction of sp³-hybridized carbons (Fsp3) is 0.250. The summed E-state index contributed by atoms with van der Waals surface area (Å²) in [5.74, 6) is -0.461. The molecule has 5 nitrogen and oxygen atoms in total. The number of aryl methyl sites for hydroxylation is 1. The molecular formula is C20H21N3O2. The summed E-state index contributed by atoms with van der Waals surface area (Å²) < 4.78 is 1.40. The van der Waals surface area contributed by atoms with Gasteiger partial charge >= 0.3 is 0 Å². The molecule has 0 atom stereocenters. The lowest BCUT2D eigenvalue weighted by Gasteiger charge is -2.19. The maximum Gasteiger partial charge on any atom is 0.270 e. The van der Waals surface area contributed by atoms with Gasteiger partial charge in [-0.1, -0.05) is 39.0 Å². The highest BCUT2D eigenvalue weighted by Gasteiger charge is 2.15. The van der Waals surface area contributed by atoms with Gasteiger partial charge in [0.25, 0.3) is 11.5 Å². The van der Waals surface area contributed by atoms with Crippen molar-refractivity contribution in [1.82, 2.24) is 9.38 Å². The lowest BCUT2D eigenvalue weighted by molar-refractivity contribution is 0.102. The summed E-state index contributed by atoms with van der Waals surface area (Å²) in [6.45, 7) is 8.27. The molecule has 5 heteroatoms. The summed E-state index contributed by atoms with van der Waals surface area (Å²) >= 11 is 0. The van der Waals surface area contributed by atoms with E-state index < -0.39 is 5.91 Å². The second kappa shape index (κ2) is 6.16. The van der Waals surface area contributed by atoms with E-state index in [2.05, 4.69) is 31.1 Å². The van der Waals surface area contributed by atoms with E-state index in [1.54, 1.807) is 12.3 Å². The van der Waals surface area contributed by atoms with Crippen LogP contribution < -0.4 is 10.9 Å². The number of aromatic nitrogens is 2. The van der Waals surface area contributed by atoms with E-state index in [0.717, 1.165) is 5.56 Å². The van der Waals surface area contributed by atoms with Crippen molar-refractivity contribution >= 4 is 17.2 Å². The first kappa shape index (κ1) is 16.9. The Hall–Kier alpha value is -2.95. The Morgan fingerprint density at radius 1 is 1.08 bits per heavy atom. The average molecular weight is 335 g/mol. The van der Waals surface area contributed by atoms with Gasteiger partial charge in [-0.25, -0.2) is 4.98 Å². The molecule has 1 N–H and O–H groups in total. The predicted octanol–water partition coefficient (Wildman–Crippen LogP) is 3.55. The fourth-order valence-electron chi connectivity index (χ4n) is 2.59. The second-order valence-corrected chi connectivity index (χ2v) is 7.19. The topological polar surface area (TPSA) is 63.5 Å². The highest BCUT2D eigenvalue weighted by Crippen LogP contribution is 2.23. The molecule has 0 saturated heterocycles. The fourth-order valence-corrected chi connectivity index (χ4v) is 2.59. The number of carbonyl (C=O) groups excluding carboxylic acids is 1. The summed E-state index contributed by atoms with van der Waals surface area (Å²) in [4.78, 5) is 29.2. The van der Waals surface area contributed by atoms with Gasteiger partial charge < -0.3 is 5.32 Å². The lowest BCUT2D eigenvalue weighted by Crippen LogP contribution is -2.26. The lowest BCUT2D eigenvalue weighted by atomic mass is 9.87. The van der Waals surface area contributed by atoms with Crippen LogP contribution in [0, 0.1) is 6.92 Å². The molecule has 3 rings (SSSR count). The van der Waals surface area contributed by atoms with Crippen LogP contribution in [-0.4, -0.2) is 15.3 Å². The number of carbonyl (C=O) groups is 1. The third-order valence-corrected chi connectivity index (χ3v) is 4.10. The van der Waals surface area contributed by atoms with Gasteiger partial charge in [-0.15, -0.1) is 0 Å². The summed E-state index contributed by atoms with van der Waals surface area (Å²) in [6.07, 6.45) is 3.01. The number of nitrogens with one attached hydrogen (secondary N) is 1. The van der Waals surface area contributed by atoms with Crippen LogP contribution in [0.5, 0.6) is 0 Å². The Bertz CT molecular complexity index is 996. The smallest absolute Gasteiger partial charge is 0.270 e. The molecule has 0 radical (unpaired) electrons. The SMILES string of the molecule is Cc1ccc2ncc(C(=O)Nc3ccc(C(C)(C)C)cc3)c(=O)n2c1. The number of anilines is 1. The Labute approximate surface area is 146 Å². The third kappa shape index (κ3) is 3.45. The third-order valence-electron chi connectivity index (χ3n) is 4.10. The molecule has 0 aliphatic heterocycles. The van der Waals surface area contributed by atoms with Gasteiger partial charge in [0.1, 0.15) is 11.2 Å². The zero-order valence-electron chi connectivity index (χ0n) is 14.8. The van der Waals surface area contributed by atoms with Crippen LogP contribution in [0.2, 0.25) is 0 Å². The van der Waals surface area contributed by atoms with Crippen LogP contribution in [0.3, 0.4) is 0 Å². The molecule has 0 bridgehead atoms. The minimum Gasteiger partial charge on any atom is -0.322 e. The predicted molar refractivity (Wildman–Crippen MR) is 99.3 cm³/mol. The van der Waals surface area contributed by atoms with Gasteiger partial charge in [0.15, 0.2) is 0 Å². The Morgan fingerprint density at radius 2 is 1.76 bits per heavy atom. The number of nitrogens with zero attached hydrogens (tertiary/aromatic N) is 2. The monoisotopic (exact) mass is 335 g/mol. The molecule has 3 aromatic rings. The van der Waals surface area contributed by atoms with Gasteiger partial charge in [0.05, 0.1) is 0 Å². The van der Waals surface area contributed by atoms with E-state index >= 15 is 0 Å². The standard InChI is InChI=1S/C20H21N3O2/c1-13-5-10-17-21-11-16(19(25)23(17)12-13)18(24)22-15-8-6-14(7-9-15)20(2,3)4/h5-12H,1-4H3,(H,22,24). The van der Waals surface area contributed by atoms with E-state index in [0.29, 0.717) is 11.3 Å². The molecule has 0 aliphatic rings. The number of fused-ring (bicyclic) bond motifs is 1. The summed E-state index contributed by atoms with van der Waals surface area (Å²) in [7, 11) is 0. The van der Waals surface area contributed by atoms with E-state index in [9.17, 15) is 9.59 Å². The molecule has 0 aliphatic carbocycles. The minimum absolute atomic E-state index is 0.0167. The van der Waals surface area contributed by atoms with Crippen LogP contribution >= 0.6 is 0 Å². The number of pyridine rings is 1. The first-order valence-electron chi connectivity index (χ1n) is 8.15. The largest absolute Gasteiger partial charge is 0.322 e. The number of rotatable bonds is 2. The molecule has 0 saturated carbocycles. The highest BCUT2D eigenvalue weighted by atomic mass is 16.2. The number of benzene rings is 1. The van der Waals surface area contributed by atoms with Crippen molar-refractivity contribution in [2.45, 2.75) is 33.1 Å². The van der Waals surface area contributed by atoms with E-state index in [1.165, 1.54) is 16.2 Å². The summed E-state index contributed by atoms with van der Waals surface area (Å²) in [6, 6.07) is 11.3. The summed E-state index contributed by atoms with van der Waals surface area (Å²) in [5.41, 5.74) is 2.94. The van der Waals surface area contributed by atoms with Crippen molar-refractivity contribution < 1.29 is 4.79 Å². The van der Waals surface area contributed by atoms with Crippen LogP contribution in [0.1, 0.15) is 42.3 Å². The van der Waals surface area contributed by atoms with Crippen molar-refractivity contribution in [3.63, 3.8) is 0 Å². The quantitative estimate of drug-likeness (QED) is 0.779. The normalized spacial score (nSPS) is 11.5. The molecular weight excluding hydrogens is 314 g/mol. The summed E-state index contributed by atoms with van der Waals surface area (Å²) in [5, 5.41) is 2.76. The van der Waals surface area contributed by atoms with Gasteiger partial charge in [-0.05, 0) is 41.7 Å². The maximum atomic E-state index is 12.6. The van der Waals surface area contributed by atoms with Gasteiger partial charge in [-0.2, -0.15) is 0 Å². The highest BCUT2D eigenvalue weighted by molar-refractivity contribution is 6.03. The minimum atomic E-state index is -0.461. The Kier molecular flexibility index (Phi) is 4.17. The second-order valence-electron chi connectivity index (χ2n) is 7.19. The molecule has 0 fully saturated rings. The molecule has 25 heavy (non-hydrogen) atoms. The maximum absolute atomic E-state index is 12.6. The van der Waals surface area contributed by atoms with Gasteiger partial charge in [0, 0.05) is 18.1 Å². The van der Waals surface area contributed by atoms with Crippen LogP contribution in [0.4, 0.5) is 5.69 Å². The van der Waals surface area contributed by atoms with Crippen molar-refractivity contribution in [2.75, 3.05) is 5.32 Å².